The maximum absolute atomic E-state index is 11.7. The molecule has 0 radical (unpaired) electrons. The van der Waals surface area contributed by atoms with Crippen LogP contribution in [0.15, 0.2) is 12.7 Å². The van der Waals surface area contributed by atoms with E-state index in [4.69, 9.17) is 4.74 Å². The van der Waals surface area contributed by atoms with Gasteiger partial charge in [0.05, 0.1) is 0 Å². The summed E-state index contributed by atoms with van der Waals surface area (Å²) in [7, 11) is 0. The van der Waals surface area contributed by atoms with E-state index in [2.05, 4.69) is 18.8 Å². The van der Waals surface area contributed by atoms with Crippen LogP contribution in [0.2, 0.25) is 0 Å². The number of hydrogen-bond donors (Lipinski definition) is 1. The third-order valence-electron chi connectivity index (χ3n) is 2.60. The molecule has 0 aliphatic heterocycles. The summed E-state index contributed by atoms with van der Waals surface area (Å²) in [4.78, 5) is 11.7. The van der Waals surface area contributed by atoms with Crippen molar-refractivity contribution in [2.75, 3.05) is 0 Å². The number of allylic oxidation sites excluding steroid dienone is 1. The summed E-state index contributed by atoms with van der Waals surface area (Å²) >= 11 is 0. The second kappa shape index (κ2) is 9.01. The zero-order chi connectivity index (χ0) is 14.0. The minimum Gasteiger partial charge on any atom is -0.444 e. The maximum Gasteiger partial charge on any atom is 0.407 e. The van der Waals surface area contributed by atoms with Crippen LogP contribution in [0, 0.1) is 0 Å². The summed E-state index contributed by atoms with van der Waals surface area (Å²) in [6.45, 7) is 11.5. The highest BCUT2D eigenvalue weighted by atomic mass is 16.6. The van der Waals surface area contributed by atoms with Crippen LogP contribution in [0.25, 0.3) is 0 Å². The first-order valence-corrected chi connectivity index (χ1v) is 6.99. The molecule has 18 heavy (non-hydrogen) atoms. The van der Waals surface area contributed by atoms with E-state index in [1.54, 1.807) is 0 Å². The minimum atomic E-state index is -0.434. The fraction of sp³-hybridized carbons (Fsp3) is 0.800. The molecule has 1 N–H and O–H groups in total. The number of nitrogens with one attached hydrogen (secondary N) is 1. The van der Waals surface area contributed by atoms with E-state index in [1.165, 1.54) is 12.8 Å². The number of alkyl carbamates (subject to hydrolysis) is 1. The molecule has 0 saturated carbocycles. The largest absolute Gasteiger partial charge is 0.444 e. The van der Waals surface area contributed by atoms with Gasteiger partial charge in [-0.3, -0.25) is 0 Å². The lowest BCUT2D eigenvalue weighted by Crippen LogP contribution is -2.39. The van der Waals surface area contributed by atoms with Crippen molar-refractivity contribution >= 4 is 6.09 Å². The summed E-state index contributed by atoms with van der Waals surface area (Å²) in [6.07, 6.45) is 8.01. The standard InChI is InChI=1S/C15H29NO2/c1-6-8-10-12-13(11-9-7-2)16-14(17)18-15(3,4)5/h7,13H,2,6,8-12H2,1,3-5H3,(H,16,17). The normalized spacial score (nSPS) is 12.9. The van der Waals surface area contributed by atoms with Crippen LogP contribution in [-0.4, -0.2) is 17.7 Å². The topological polar surface area (TPSA) is 38.3 Å². The molecule has 0 aliphatic carbocycles. The monoisotopic (exact) mass is 255 g/mol. The Balaban J connectivity index is 4.12. The lowest BCUT2D eigenvalue weighted by molar-refractivity contribution is 0.0499. The zero-order valence-electron chi connectivity index (χ0n) is 12.4. The second-order valence-corrected chi connectivity index (χ2v) is 5.70. The number of carbonyl (C=O) groups excluding carboxylic acids is 1. The van der Waals surface area contributed by atoms with Gasteiger partial charge in [0.25, 0.3) is 0 Å². The molecule has 1 unspecified atom stereocenters. The van der Waals surface area contributed by atoms with E-state index in [-0.39, 0.29) is 12.1 Å². The van der Waals surface area contributed by atoms with Gasteiger partial charge in [0.1, 0.15) is 5.60 Å². The average Bonchev–Trinajstić information content (AvgIpc) is 2.23. The highest BCUT2D eigenvalue weighted by molar-refractivity contribution is 5.68. The van der Waals surface area contributed by atoms with Crippen molar-refractivity contribution in [3.8, 4) is 0 Å². The third kappa shape index (κ3) is 10.2. The Kier molecular flexibility index (Phi) is 8.51. The van der Waals surface area contributed by atoms with E-state index in [1.807, 2.05) is 26.8 Å². The Labute approximate surface area is 112 Å². The molecule has 0 aliphatic rings. The SMILES string of the molecule is C=CCCC(CCCCC)NC(=O)OC(C)(C)C. The number of amides is 1. The number of ether oxygens (including phenoxy) is 1. The van der Waals surface area contributed by atoms with Gasteiger partial charge in [-0.2, -0.15) is 0 Å². The van der Waals surface area contributed by atoms with E-state index in [0.29, 0.717) is 0 Å². The molecular formula is C15H29NO2. The molecule has 106 valence electrons. The predicted octanol–water partition coefficient (Wildman–Crippen LogP) is 4.43. The predicted molar refractivity (Wildman–Crippen MR) is 76.7 cm³/mol. The molecule has 0 spiro atoms. The van der Waals surface area contributed by atoms with E-state index >= 15 is 0 Å². The molecule has 0 fully saturated rings. The molecule has 0 bridgehead atoms. The van der Waals surface area contributed by atoms with Gasteiger partial charge in [0, 0.05) is 6.04 Å². The maximum atomic E-state index is 11.7. The van der Waals surface area contributed by atoms with Crippen molar-refractivity contribution in [3.05, 3.63) is 12.7 Å². The molecule has 0 heterocycles. The number of unbranched alkanes of at least 4 members (excludes halogenated alkanes) is 2. The van der Waals surface area contributed by atoms with Gasteiger partial charge in [-0.05, 0) is 40.0 Å². The van der Waals surface area contributed by atoms with Crippen molar-refractivity contribution in [2.45, 2.75) is 77.9 Å². The first-order chi connectivity index (χ1) is 8.39. The Morgan fingerprint density at radius 1 is 1.33 bits per heavy atom. The van der Waals surface area contributed by atoms with E-state index in [0.717, 1.165) is 25.7 Å². The van der Waals surface area contributed by atoms with Crippen molar-refractivity contribution in [2.24, 2.45) is 0 Å². The molecule has 1 amide bonds. The molecule has 0 aromatic carbocycles. The van der Waals surface area contributed by atoms with Gasteiger partial charge < -0.3 is 10.1 Å². The van der Waals surface area contributed by atoms with Crippen LogP contribution in [-0.2, 0) is 4.74 Å². The van der Waals surface area contributed by atoms with Crippen LogP contribution in [0.3, 0.4) is 0 Å². The molecule has 0 saturated heterocycles. The lowest BCUT2D eigenvalue weighted by atomic mass is 10.0. The van der Waals surface area contributed by atoms with Crippen molar-refractivity contribution < 1.29 is 9.53 Å². The summed E-state index contributed by atoms with van der Waals surface area (Å²) < 4.78 is 5.28. The van der Waals surface area contributed by atoms with Gasteiger partial charge in [-0.15, -0.1) is 6.58 Å². The van der Waals surface area contributed by atoms with Crippen LogP contribution in [0.4, 0.5) is 4.79 Å². The Morgan fingerprint density at radius 3 is 2.50 bits per heavy atom. The fourth-order valence-electron chi connectivity index (χ4n) is 1.72. The second-order valence-electron chi connectivity index (χ2n) is 5.70. The minimum absolute atomic E-state index is 0.199. The smallest absolute Gasteiger partial charge is 0.407 e. The molecule has 3 nitrogen and oxygen atoms in total. The van der Waals surface area contributed by atoms with Crippen molar-refractivity contribution in [3.63, 3.8) is 0 Å². The van der Waals surface area contributed by atoms with Crippen molar-refractivity contribution in [1.82, 2.24) is 5.32 Å². The highest BCUT2D eigenvalue weighted by Crippen LogP contribution is 2.11. The first-order valence-electron chi connectivity index (χ1n) is 6.99. The summed E-state index contributed by atoms with van der Waals surface area (Å²) in [5, 5.41) is 2.96. The summed E-state index contributed by atoms with van der Waals surface area (Å²) in [6, 6.07) is 0.199. The highest BCUT2D eigenvalue weighted by Gasteiger charge is 2.18. The van der Waals surface area contributed by atoms with Crippen LogP contribution >= 0.6 is 0 Å². The molecule has 3 heteroatoms. The fourth-order valence-corrected chi connectivity index (χ4v) is 1.72. The van der Waals surface area contributed by atoms with Crippen LogP contribution in [0.1, 0.15) is 66.2 Å². The number of rotatable bonds is 8. The zero-order valence-corrected chi connectivity index (χ0v) is 12.4. The van der Waals surface area contributed by atoms with Crippen LogP contribution < -0.4 is 5.32 Å². The molecule has 0 aromatic heterocycles. The quantitative estimate of drug-likeness (QED) is 0.515. The van der Waals surface area contributed by atoms with Gasteiger partial charge in [-0.25, -0.2) is 4.79 Å². The summed E-state index contributed by atoms with van der Waals surface area (Å²) in [5.41, 5.74) is -0.434. The van der Waals surface area contributed by atoms with Gasteiger partial charge in [0.2, 0.25) is 0 Å². The molecule has 0 rings (SSSR count). The average molecular weight is 255 g/mol. The van der Waals surface area contributed by atoms with E-state index < -0.39 is 5.60 Å². The first kappa shape index (κ1) is 17.0. The Bertz CT molecular complexity index is 243. The van der Waals surface area contributed by atoms with Gasteiger partial charge in [-0.1, -0.05) is 32.3 Å². The Hall–Kier alpha value is -0.990. The van der Waals surface area contributed by atoms with Gasteiger partial charge >= 0.3 is 6.09 Å². The molecular weight excluding hydrogens is 226 g/mol. The lowest BCUT2D eigenvalue weighted by Gasteiger charge is -2.23. The third-order valence-corrected chi connectivity index (χ3v) is 2.60. The number of hydrogen-bond acceptors (Lipinski definition) is 2. The Morgan fingerprint density at radius 2 is 2.00 bits per heavy atom. The summed E-state index contributed by atoms with van der Waals surface area (Å²) in [5.74, 6) is 0. The van der Waals surface area contributed by atoms with Crippen LogP contribution in [0.5, 0.6) is 0 Å². The number of carbonyl (C=O) groups is 1. The molecule has 0 aromatic rings. The van der Waals surface area contributed by atoms with Crippen molar-refractivity contribution in [1.29, 1.82) is 0 Å². The van der Waals surface area contributed by atoms with Gasteiger partial charge in [0.15, 0.2) is 0 Å². The molecule has 1 atom stereocenters. The van der Waals surface area contributed by atoms with E-state index in [9.17, 15) is 4.79 Å².